The van der Waals surface area contributed by atoms with E-state index in [0.717, 1.165) is 12.8 Å². The van der Waals surface area contributed by atoms with Crippen LogP contribution in [0, 0.1) is 0 Å². The molecule has 3 N–H and O–H groups in total. The molecule has 0 unspecified atom stereocenters. The van der Waals surface area contributed by atoms with Crippen LogP contribution in [-0.2, 0) is 9.47 Å². The van der Waals surface area contributed by atoms with Crippen LogP contribution in [0.4, 0.5) is 0 Å². The molecule has 1 rings (SSSR count). The van der Waals surface area contributed by atoms with Crippen molar-refractivity contribution >= 4 is 0 Å². The first-order valence-electron chi connectivity index (χ1n) is 11.0. The van der Waals surface area contributed by atoms with Gasteiger partial charge in [0.25, 0.3) is 0 Å². The fraction of sp³-hybridized carbons (Fsp3) is 0.909. The lowest BCUT2D eigenvalue weighted by Crippen LogP contribution is -2.40. The van der Waals surface area contributed by atoms with Crippen LogP contribution < -0.4 is 0 Å². The molecule has 1 fully saturated rings. The molecule has 0 amide bonds. The molecule has 0 radical (unpaired) electrons. The van der Waals surface area contributed by atoms with E-state index < -0.39 is 24.4 Å². The number of allylic oxidation sites excluding steroid dienone is 2. The lowest BCUT2D eigenvalue weighted by molar-refractivity contribution is -0.0813. The standard InChI is InChI=1S/C22H42O5/c1-2-3-4-5-6-7-8-9-10-11-12-13-14-15-16-26-17-20(24)22-21(25)19(23)18-27-22/h7-8,19-25H,2-6,9-18H2,1H3/b8-7+/t19-,20+,21-,22-/m0/s1. The predicted octanol–water partition coefficient (Wildman–Crippen LogP) is 3.74. The first-order valence-corrected chi connectivity index (χ1v) is 11.0. The van der Waals surface area contributed by atoms with Crippen molar-refractivity contribution in [3.05, 3.63) is 12.2 Å². The first kappa shape index (κ1) is 24.6. The number of aliphatic hydroxyl groups excluding tert-OH is 3. The van der Waals surface area contributed by atoms with E-state index in [4.69, 9.17) is 9.47 Å². The molecule has 1 aliphatic heterocycles. The van der Waals surface area contributed by atoms with Crippen LogP contribution in [-0.4, -0.2) is 59.6 Å². The van der Waals surface area contributed by atoms with Crippen LogP contribution in [0.3, 0.4) is 0 Å². The Hall–Kier alpha value is -0.460. The summed E-state index contributed by atoms with van der Waals surface area (Å²) in [5, 5.41) is 29.0. The second kappa shape index (κ2) is 16.5. The van der Waals surface area contributed by atoms with Crippen molar-refractivity contribution < 1.29 is 24.8 Å². The highest BCUT2D eigenvalue weighted by atomic mass is 16.5. The van der Waals surface area contributed by atoms with Gasteiger partial charge in [-0.2, -0.15) is 0 Å². The fourth-order valence-electron chi connectivity index (χ4n) is 3.36. The Morgan fingerprint density at radius 2 is 1.52 bits per heavy atom. The Kier molecular flexibility index (Phi) is 15.0. The lowest BCUT2D eigenvalue weighted by atomic mass is 10.1. The monoisotopic (exact) mass is 386 g/mol. The van der Waals surface area contributed by atoms with Gasteiger partial charge in [-0.05, 0) is 32.1 Å². The molecule has 0 aromatic heterocycles. The number of hydrogen-bond acceptors (Lipinski definition) is 5. The number of hydrogen-bond donors (Lipinski definition) is 3. The maximum absolute atomic E-state index is 9.93. The SMILES string of the molecule is CCCCCC/C=C/CCCCCCCCOC[C@@H](O)[C@@H]1OC[C@H](O)[C@@H]1O. The van der Waals surface area contributed by atoms with E-state index in [1.165, 1.54) is 64.2 Å². The Bertz CT molecular complexity index is 361. The molecule has 0 saturated carbocycles. The van der Waals surface area contributed by atoms with E-state index in [0.29, 0.717) is 6.61 Å². The van der Waals surface area contributed by atoms with E-state index in [9.17, 15) is 15.3 Å². The summed E-state index contributed by atoms with van der Waals surface area (Å²) in [7, 11) is 0. The Morgan fingerprint density at radius 3 is 2.11 bits per heavy atom. The smallest absolute Gasteiger partial charge is 0.114 e. The minimum atomic E-state index is -1.03. The van der Waals surface area contributed by atoms with E-state index in [1.54, 1.807) is 0 Å². The lowest BCUT2D eigenvalue weighted by Gasteiger charge is -2.20. The van der Waals surface area contributed by atoms with Gasteiger partial charge >= 0.3 is 0 Å². The molecule has 0 aliphatic carbocycles. The number of aliphatic hydroxyl groups is 3. The van der Waals surface area contributed by atoms with Crippen LogP contribution in [0.25, 0.3) is 0 Å². The maximum Gasteiger partial charge on any atom is 0.114 e. The molecule has 0 aromatic carbocycles. The molecular weight excluding hydrogens is 344 g/mol. The normalized spacial score (nSPS) is 24.1. The largest absolute Gasteiger partial charge is 0.388 e. The van der Waals surface area contributed by atoms with Crippen LogP contribution in [0.5, 0.6) is 0 Å². The molecule has 0 bridgehead atoms. The number of rotatable bonds is 17. The zero-order valence-corrected chi connectivity index (χ0v) is 17.2. The summed E-state index contributed by atoms with van der Waals surface area (Å²) in [6.45, 7) is 3.07. The van der Waals surface area contributed by atoms with Gasteiger partial charge in [0.05, 0.1) is 13.2 Å². The zero-order valence-electron chi connectivity index (χ0n) is 17.2. The van der Waals surface area contributed by atoms with Crippen molar-refractivity contribution in [2.45, 2.75) is 108 Å². The van der Waals surface area contributed by atoms with Crippen molar-refractivity contribution in [1.82, 2.24) is 0 Å². The summed E-state index contributed by atoms with van der Waals surface area (Å²) in [6.07, 6.45) is 16.1. The first-order chi connectivity index (χ1) is 13.2. The van der Waals surface area contributed by atoms with E-state index >= 15 is 0 Å². The van der Waals surface area contributed by atoms with Gasteiger partial charge in [-0.25, -0.2) is 0 Å². The molecule has 4 atom stereocenters. The summed E-state index contributed by atoms with van der Waals surface area (Å²) in [5.41, 5.74) is 0. The van der Waals surface area contributed by atoms with Crippen LogP contribution in [0.1, 0.15) is 84.0 Å². The van der Waals surface area contributed by atoms with Gasteiger partial charge in [0, 0.05) is 6.61 Å². The minimum Gasteiger partial charge on any atom is -0.388 e. The molecule has 160 valence electrons. The third-order valence-corrected chi connectivity index (χ3v) is 5.16. The van der Waals surface area contributed by atoms with Crippen LogP contribution in [0.15, 0.2) is 12.2 Å². The Balaban J connectivity index is 1.81. The summed E-state index contributed by atoms with van der Waals surface area (Å²) >= 11 is 0. The van der Waals surface area contributed by atoms with Crippen molar-refractivity contribution in [1.29, 1.82) is 0 Å². The second-order valence-electron chi connectivity index (χ2n) is 7.73. The molecule has 0 aromatic rings. The maximum atomic E-state index is 9.93. The van der Waals surface area contributed by atoms with E-state index in [-0.39, 0.29) is 13.2 Å². The third kappa shape index (κ3) is 11.9. The molecule has 27 heavy (non-hydrogen) atoms. The summed E-state index contributed by atoms with van der Waals surface area (Å²) in [5.74, 6) is 0. The quantitative estimate of drug-likeness (QED) is 0.262. The highest BCUT2D eigenvalue weighted by Gasteiger charge is 2.39. The number of ether oxygens (including phenoxy) is 2. The van der Waals surface area contributed by atoms with Gasteiger partial charge in [-0.15, -0.1) is 0 Å². The van der Waals surface area contributed by atoms with Crippen molar-refractivity contribution in [2.75, 3.05) is 19.8 Å². The molecule has 1 heterocycles. The molecule has 0 spiro atoms. The van der Waals surface area contributed by atoms with Gasteiger partial charge in [0.2, 0.25) is 0 Å². The van der Waals surface area contributed by atoms with E-state index in [2.05, 4.69) is 19.1 Å². The Labute approximate surface area is 165 Å². The van der Waals surface area contributed by atoms with Gasteiger partial charge in [-0.3, -0.25) is 0 Å². The van der Waals surface area contributed by atoms with Crippen LogP contribution >= 0.6 is 0 Å². The zero-order chi connectivity index (χ0) is 19.7. The van der Waals surface area contributed by atoms with Gasteiger partial charge in [-0.1, -0.05) is 64.0 Å². The summed E-state index contributed by atoms with van der Waals surface area (Å²) in [4.78, 5) is 0. The van der Waals surface area contributed by atoms with Gasteiger partial charge in [0.1, 0.15) is 24.4 Å². The number of unbranched alkanes of at least 4 members (excludes halogenated alkanes) is 10. The second-order valence-corrected chi connectivity index (χ2v) is 7.73. The van der Waals surface area contributed by atoms with Gasteiger partial charge in [0.15, 0.2) is 0 Å². The molecule has 1 saturated heterocycles. The average Bonchev–Trinajstić information content (AvgIpc) is 3.00. The molecular formula is C22H42O5. The predicted molar refractivity (Wildman–Crippen MR) is 109 cm³/mol. The highest BCUT2D eigenvalue weighted by Crippen LogP contribution is 2.18. The topological polar surface area (TPSA) is 79.2 Å². The van der Waals surface area contributed by atoms with Gasteiger partial charge < -0.3 is 24.8 Å². The van der Waals surface area contributed by atoms with Crippen LogP contribution in [0.2, 0.25) is 0 Å². The van der Waals surface area contributed by atoms with Crippen molar-refractivity contribution in [2.24, 2.45) is 0 Å². The average molecular weight is 387 g/mol. The molecule has 5 heteroatoms. The highest BCUT2D eigenvalue weighted by molar-refractivity contribution is 4.87. The Morgan fingerprint density at radius 1 is 0.926 bits per heavy atom. The molecule has 5 nitrogen and oxygen atoms in total. The summed E-state index contributed by atoms with van der Waals surface area (Å²) < 4.78 is 10.7. The van der Waals surface area contributed by atoms with Crippen molar-refractivity contribution in [3.8, 4) is 0 Å². The minimum absolute atomic E-state index is 0.0671. The summed E-state index contributed by atoms with van der Waals surface area (Å²) in [6, 6.07) is 0. The molecule has 1 aliphatic rings. The fourth-order valence-corrected chi connectivity index (χ4v) is 3.36. The van der Waals surface area contributed by atoms with Crippen molar-refractivity contribution in [3.63, 3.8) is 0 Å². The van der Waals surface area contributed by atoms with E-state index in [1.807, 2.05) is 0 Å². The third-order valence-electron chi connectivity index (χ3n) is 5.16.